The Balaban J connectivity index is 1.87. The number of amides is 1. The molecule has 5 heteroatoms. The van der Waals surface area contributed by atoms with Crippen LogP contribution in [0.25, 0.3) is 0 Å². The monoisotopic (exact) mass is 263 g/mol. The van der Waals surface area contributed by atoms with E-state index in [2.05, 4.69) is 29.0 Å². The van der Waals surface area contributed by atoms with Crippen molar-refractivity contribution >= 4 is 5.91 Å². The van der Waals surface area contributed by atoms with Gasteiger partial charge in [-0.2, -0.15) is 0 Å². The van der Waals surface area contributed by atoms with Crippen molar-refractivity contribution in [2.45, 2.75) is 38.8 Å². The number of hydrogen-bond donors (Lipinski definition) is 2. The van der Waals surface area contributed by atoms with Crippen LogP contribution in [0.1, 0.15) is 37.0 Å². The molecule has 1 aromatic heterocycles. The first-order valence-corrected chi connectivity index (χ1v) is 6.75. The first-order valence-electron chi connectivity index (χ1n) is 6.75. The molecule has 0 aliphatic carbocycles. The van der Waals surface area contributed by atoms with E-state index in [4.69, 9.17) is 0 Å². The number of pyridine rings is 1. The molecule has 0 atom stereocenters. The summed E-state index contributed by atoms with van der Waals surface area (Å²) in [6.07, 6.45) is 4.72. The summed E-state index contributed by atoms with van der Waals surface area (Å²) in [5, 5.41) is 12.3. The van der Waals surface area contributed by atoms with Crippen LogP contribution in [0.2, 0.25) is 0 Å². The summed E-state index contributed by atoms with van der Waals surface area (Å²) in [5.74, 6) is -0.145. The van der Waals surface area contributed by atoms with Gasteiger partial charge >= 0.3 is 0 Å². The second-order valence-corrected chi connectivity index (χ2v) is 5.31. The fraction of sp³-hybridized carbons (Fsp3) is 0.571. The van der Waals surface area contributed by atoms with Gasteiger partial charge in [-0.15, -0.1) is 0 Å². The number of nitrogens with zero attached hydrogens (tertiary/aromatic N) is 2. The summed E-state index contributed by atoms with van der Waals surface area (Å²) in [4.78, 5) is 18.2. The normalized spacial score (nSPS) is 17.6. The molecule has 1 saturated heterocycles. The van der Waals surface area contributed by atoms with E-state index < -0.39 is 0 Å². The summed E-state index contributed by atoms with van der Waals surface area (Å²) in [6.45, 7) is 6.41. The number of aromatic hydroxyl groups is 1. The number of hydrogen-bond acceptors (Lipinski definition) is 4. The summed E-state index contributed by atoms with van der Waals surface area (Å²) in [5.41, 5.74) is 0.409. The molecule has 104 valence electrons. The van der Waals surface area contributed by atoms with Crippen molar-refractivity contribution in [2.24, 2.45) is 0 Å². The van der Waals surface area contributed by atoms with Crippen LogP contribution in [0.3, 0.4) is 0 Å². The molecule has 0 saturated carbocycles. The van der Waals surface area contributed by atoms with Crippen LogP contribution < -0.4 is 5.32 Å². The third kappa shape index (κ3) is 3.67. The predicted molar refractivity (Wildman–Crippen MR) is 73.1 cm³/mol. The van der Waals surface area contributed by atoms with E-state index in [0.717, 1.165) is 25.9 Å². The SMILES string of the molecule is CC(C)N1CCC(NC(=O)c2cncc(O)c2)CC1. The lowest BCUT2D eigenvalue weighted by Crippen LogP contribution is -2.46. The predicted octanol–water partition coefficient (Wildman–Crippen LogP) is 1.39. The van der Waals surface area contributed by atoms with E-state index in [1.807, 2.05) is 0 Å². The lowest BCUT2D eigenvalue weighted by Gasteiger charge is -2.34. The Labute approximate surface area is 113 Å². The highest BCUT2D eigenvalue weighted by Crippen LogP contribution is 2.14. The Kier molecular flexibility index (Phi) is 4.37. The number of aromatic nitrogens is 1. The van der Waals surface area contributed by atoms with Crippen molar-refractivity contribution in [3.05, 3.63) is 24.0 Å². The summed E-state index contributed by atoms with van der Waals surface area (Å²) >= 11 is 0. The Bertz CT molecular complexity index is 440. The molecular formula is C14H21N3O2. The van der Waals surface area contributed by atoms with Crippen LogP contribution in [-0.4, -0.2) is 46.1 Å². The third-order valence-corrected chi connectivity index (χ3v) is 3.58. The first kappa shape index (κ1) is 13.8. The van der Waals surface area contributed by atoms with Gasteiger partial charge in [-0.1, -0.05) is 0 Å². The average Bonchev–Trinajstić information content (AvgIpc) is 2.39. The highest BCUT2D eigenvalue weighted by molar-refractivity contribution is 5.94. The zero-order valence-corrected chi connectivity index (χ0v) is 11.5. The van der Waals surface area contributed by atoms with Gasteiger partial charge in [-0.25, -0.2) is 0 Å². The highest BCUT2D eigenvalue weighted by atomic mass is 16.3. The van der Waals surface area contributed by atoms with Crippen LogP contribution in [0.15, 0.2) is 18.5 Å². The maximum atomic E-state index is 12.0. The smallest absolute Gasteiger partial charge is 0.253 e. The number of rotatable bonds is 3. The minimum Gasteiger partial charge on any atom is -0.506 e. The van der Waals surface area contributed by atoms with Crippen LogP contribution in [0, 0.1) is 0 Å². The third-order valence-electron chi connectivity index (χ3n) is 3.58. The fourth-order valence-corrected chi connectivity index (χ4v) is 2.38. The molecule has 1 fully saturated rings. The van der Waals surface area contributed by atoms with E-state index in [-0.39, 0.29) is 17.7 Å². The molecule has 19 heavy (non-hydrogen) atoms. The molecule has 2 heterocycles. The van der Waals surface area contributed by atoms with E-state index in [1.165, 1.54) is 18.5 Å². The van der Waals surface area contributed by atoms with Crippen LogP contribution >= 0.6 is 0 Å². The van der Waals surface area contributed by atoms with Crippen LogP contribution in [0.4, 0.5) is 0 Å². The maximum absolute atomic E-state index is 12.0. The van der Waals surface area contributed by atoms with E-state index in [9.17, 15) is 9.90 Å². The van der Waals surface area contributed by atoms with Crippen LogP contribution in [0.5, 0.6) is 5.75 Å². The van der Waals surface area contributed by atoms with Gasteiger partial charge < -0.3 is 15.3 Å². The fourth-order valence-electron chi connectivity index (χ4n) is 2.38. The number of piperidine rings is 1. The van der Waals surface area contributed by atoms with Gasteiger partial charge in [0.15, 0.2) is 0 Å². The summed E-state index contributed by atoms with van der Waals surface area (Å²) in [7, 11) is 0. The second-order valence-electron chi connectivity index (χ2n) is 5.31. The van der Waals surface area contributed by atoms with Gasteiger partial charge in [0.05, 0.1) is 11.8 Å². The molecule has 0 spiro atoms. The minimum atomic E-state index is -0.161. The van der Waals surface area contributed by atoms with Gasteiger partial charge in [-0.05, 0) is 32.8 Å². The number of carbonyl (C=O) groups is 1. The van der Waals surface area contributed by atoms with E-state index >= 15 is 0 Å². The largest absolute Gasteiger partial charge is 0.506 e. The van der Waals surface area contributed by atoms with E-state index in [0.29, 0.717) is 11.6 Å². The molecule has 1 amide bonds. The minimum absolute atomic E-state index is 0.0160. The second kappa shape index (κ2) is 6.02. The molecule has 5 nitrogen and oxygen atoms in total. The van der Waals surface area contributed by atoms with Crippen LogP contribution in [-0.2, 0) is 0 Å². The Morgan fingerprint density at radius 3 is 2.68 bits per heavy atom. The van der Waals surface area contributed by atoms with Gasteiger partial charge in [0.1, 0.15) is 5.75 Å². The van der Waals surface area contributed by atoms with Gasteiger partial charge in [0.2, 0.25) is 0 Å². The Hall–Kier alpha value is -1.62. The number of carbonyl (C=O) groups excluding carboxylic acids is 1. The van der Waals surface area contributed by atoms with Crippen molar-refractivity contribution in [3.8, 4) is 5.75 Å². The topological polar surface area (TPSA) is 65.5 Å². The quantitative estimate of drug-likeness (QED) is 0.865. The maximum Gasteiger partial charge on any atom is 0.253 e. The number of likely N-dealkylation sites (tertiary alicyclic amines) is 1. The zero-order chi connectivity index (χ0) is 13.8. The summed E-state index contributed by atoms with van der Waals surface area (Å²) < 4.78 is 0. The first-order chi connectivity index (χ1) is 9.06. The summed E-state index contributed by atoms with van der Waals surface area (Å²) in [6, 6.07) is 2.21. The molecule has 1 aromatic rings. The molecule has 0 bridgehead atoms. The molecule has 0 aromatic carbocycles. The molecule has 2 N–H and O–H groups in total. The molecule has 2 rings (SSSR count). The Morgan fingerprint density at radius 1 is 1.42 bits per heavy atom. The molecular weight excluding hydrogens is 242 g/mol. The standard InChI is InChI=1S/C14H21N3O2/c1-10(2)17-5-3-12(4-6-17)16-14(19)11-7-13(18)9-15-8-11/h7-10,12,18H,3-6H2,1-2H3,(H,16,19). The lowest BCUT2D eigenvalue weighted by molar-refractivity contribution is 0.0900. The van der Waals surface area contributed by atoms with Crippen molar-refractivity contribution in [1.29, 1.82) is 0 Å². The zero-order valence-electron chi connectivity index (χ0n) is 11.5. The van der Waals surface area contributed by atoms with Crippen molar-refractivity contribution in [2.75, 3.05) is 13.1 Å². The number of nitrogens with one attached hydrogen (secondary N) is 1. The molecule has 1 aliphatic heterocycles. The Morgan fingerprint density at radius 2 is 2.11 bits per heavy atom. The lowest BCUT2D eigenvalue weighted by atomic mass is 10.0. The van der Waals surface area contributed by atoms with Crippen molar-refractivity contribution in [3.63, 3.8) is 0 Å². The van der Waals surface area contributed by atoms with Gasteiger partial charge in [-0.3, -0.25) is 9.78 Å². The average molecular weight is 263 g/mol. The van der Waals surface area contributed by atoms with Crippen molar-refractivity contribution in [1.82, 2.24) is 15.2 Å². The molecule has 1 aliphatic rings. The van der Waals surface area contributed by atoms with Gasteiger partial charge in [0.25, 0.3) is 5.91 Å². The van der Waals surface area contributed by atoms with Crippen molar-refractivity contribution < 1.29 is 9.90 Å². The van der Waals surface area contributed by atoms with E-state index in [1.54, 1.807) is 0 Å². The molecule has 0 unspecified atom stereocenters. The highest BCUT2D eigenvalue weighted by Gasteiger charge is 2.22. The van der Waals surface area contributed by atoms with Gasteiger partial charge in [0, 0.05) is 31.4 Å². The molecule has 0 radical (unpaired) electrons.